The summed E-state index contributed by atoms with van der Waals surface area (Å²) in [6.07, 6.45) is 21.4. The molecule has 4 nitrogen and oxygen atoms in total. The lowest BCUT2D eigenvalue weighted by molar-refractivity contribution is -0.142. The van der Waals surface area contributed by atoms with Crippen molar-refractivity contribution >= 4 is 11.8 Å². The molecular formula is C37H57NO3. The van der Waals surface area contributed by atoms with Gasteiger partial charge in [-0.05, 0) is 30.7 Å². The Kier molecular flexibility index (Phi) is 14.2. The fourth-order valence-corrected chi connectivity index (χ4v) is 6.56. The van der Waals surface area contributed by atoms with Gasteiger partial charge in [-0.25, -0.2) is 0 Å². The molecule has 41 heavy (non-hydrogen) atoms. The van der Waals surface area contributed by atoms with Gasteiger partial charge in [0.2, 0.25) is 0 Å². The molecule has 0 bridgehead atoms. The molecule has 0 radical (unpaired) electrons. The van der Waals surface area contributed by atoms with Gasteiger partial charge in [0.1, 0.15) is 0 Å². The van der Waals surface area contributed by atoms with Crippen LogP contribution < -0.4 is 0 Å². The Bertz CT molecular complexity index is 1070. The van der Waals surface area contributed by atoms with E-state index in [-0.39, 0.29) is 23.6 Å². The van der Waals surface area contributed by atoms with Crippen molar-refractivity contribution in [3.8, 4) is 11.1 Å². The van der Waals surface area contributed by atoms with Gasteiger partial charge in [-0.1, -0.05) is 141 Å². The van der Waals surface area contributed by atoms with Crippen molar-refractivity contribution < 1.29 is 14.3 Å². The second-order valence-electron chi connectivity index (χ2n) is 13.0. The van der Waals surface area contributed by atoms with Crippen LogP contribution >= 0.6 is 0 Å². The van der Waals surface area contributed by atoms with Crippen molar-refractivity contribution in [2.24, 2.45) is 5.41 Å². The number of carbonyl (C=O) groups excluding carboxylic acids is 2. The largest absolute Gasteiger partial charge is 0.466 e. The first kappa shape index (κ1) is 33.1. The first-order chi connectivity index (χ1) is 19.9. The SMILES string of the molecule is CCCCCCCCCCCCCCCCCC(=O)c1c(-c2ccccc2)c(CC(=O)OCC)n2c1CC(C)(C)C2. The van der Waals surface area contributed by atoms with Crippen LogP contribution in [0.3, 0.4) is 0 Å². The smallest absolute Gasteiger partial charge is 0.311 e. The minimum atomic E-state index is -0.226. The van der Waals surface area contributed by atoms with Crippen LogP contribution in [0, 0.1) is 5.41 Å². The second-order valence-corrected chi connectivity index (χ2v) is 13.0. The number of nitrogens with zero attached hydrogens (tertiary/aromatic N) is 1. The maximum atomic E-state index is 13.8. The van der Waals surface area contributed by atoms with E-state index in [1.165, 1.54) is 83.5 Å². The van der Waals surface area contributed by atoms with Crippen molar-refractivity contribution in [2.45, 2.75) is 150 Å². The van der Waals surface area contributed by atoms with E-state index < -0.39 is 0 Å². The fraction of sp³-hybridized carbons (Fsp3) is 0.676. The van der Waals surface area contributed by atoms with E-state index in [0.29, 0.717) is 13.0 Å². The summed E-state index contributed by atoms with van der Waals surface area (Å²) in [6.45, 7) is 9.81. The van der Waals surface area contributed by atoms with Gasteiger partial charge < -0.3 is 9.30 Å². The number of aromatic nitrogens is 1. The topological polar surface area (TPSA) is 48.3 Å². The molecule has 0 amide bonds. The van der Waals surface area contributed by atoms with E-state index in [1.807, 2.05) is 25.1 Å². The van der Waals surface area contributed by atoms with Gasteiger partial charge in [0.25, 0.3) is 0 Å². The molecule has 4 heteroatoms. The molecule has 2 aromatic rings. The van der Waals surface area contributed by atoms with Gasteiger partial charge in [-0.2, -0.15) is 0 Å². The molecule has 0 unspecified atom stereocenters. The average molecular weight is 564 g/mol. The lowest BCUT2D eigenvalue weighted by Gasteiger charge is -2.18. The highest BCUT2D eigenvalue weighted by Gasteiger charge is 2.37. The van der Waals surface area contributed by atoms with Crippen LogP contribution in [0.1, 0.15) is 152 Å². The van der Waals surface area contributed by atoms with Crippen molar-refractivity contribution in [3.63, 3.8) is 0 Å². The Balaban J connectivity index is 1.51. The molecule has 0 atom stereocenters. The third-order valence-electron chi connectivity index (χ3n) is 8.68. The molecule has 0 saturated carbocycles. The summed E-state index contributed by atoms with van der Waals surface area (Å²) in [4.78, 5) is 26.5. The zero-order chi connectivity index (χ0) is 29.5. The standard InChI is InChI=1S/C37H57NO3/c1-5-7-8-9-10-11-12-13-14-15-16-17-18-19-23-26-33(39)36-32-28-37(3,4)29-38(32)31(27-34(40)41-6-2)35(36)30-24-21-20-22-25-30/h20-22,24-25H,5-19,23,26-29H2,1-4H3. The number of rotatable bonds is 21. The molecule has 1 aliphatic heterocycles. The molecular weight excluding hydrogens is 506 g/mol. The Morgan fingerprint density at radius 1 is 0.780 bits per heavy atom. The summed E-state index contributed by atoms with van der Waals surface area (Å²) >= 11 is 0. The molecule has 228 valence electrons. The van der Waals surface area contributed by atoms with Crippen molar-refractivity contribution in [1.82, 2.24) is 4.57 Å². The van der Waals surface area contributed by atoms with Crippen LogP contribution in [0.2, 0.25) is 0 Å². The summed E-state index contributed by atoms with van der Waals surface area (Å²) in [6, 6.07) is 10.2. The van der Waals surface area contributed by atoms with Gasteiger partial charge in [0.05, 0.1) is 13.0 Å². The molecule has 0 saturated heterocycles. The monoisotopic (exact) mass is 563 g/mol. The van der Waals surface area contributed by atoms with Crippen LogP contribution in [0.4, 0.5) is 0 Å². The van der Waals surface area contributed by atoms with Gasteiger partial charge >= 0.3 is 5.97 Å². The summed E-state index contributed by atoms with van der Waals surface area (Å²) in [5.74, 6) is 0.00574. The number of hydrogen-bond acceptors (Lipinski definition) is 3. The first-order valence-electron chi connectivity index (χ1n) is 16.9. The minimum absolute atomic E-state index is 0.0671. The van der Waals surface area contributed by atoms with Crippen LogP contribution in [0.15, 0.2) is 30.3 Å². The molecule has 1 aliphatic rings. The van der Waals surface area contributed by atoms with E-state index in [2.05, 4.69) is 37.5 Å². The number of esters is 1. The zero-order valence-electron chi connectivity index (χ0n) is 26.7. The van der Waals surface area contributed by atoms with Crippen LogP contribution in [0.5, 0.6) is 0 Å². The first-order valence-corrected chi connectivity index (χ1v) is 16.9. The Morgan fingerprint density at radius 2 is 1.32 bits per heavy atom. The van der Waals surface area contributed by atoms with Gasteiger partial charge in [-0.3, -0.25) is 9.59 Å². The molecule has 1 aromatic carbocycles. The number of Topliss-reactive ketones (excluding diaryl/α,β-unsaturated/α-hetero) is 1. The number of benzene rings is 1. The summed E-state index contributed by atoms with van der Waals surface area (Å²) in [7, 11) is 0. The fourth-order valence-electron chi connectivity index (χ4n) is 6.56. The number of carbonyl (C=O) groups is 2. The Morgan fingerprint density at radius 3 is 1.85 bits per heavy atom. The van der Waals surface area contributed by atoms with E-state index in [0.717, 1.165) is 53.9 Å². The number of ketones is 1. The molecule has 3 rings (SSSR count). The van der Waals surface area contributed by atoms with Gasteiger partial charge in [-0.15, -0.1) is 0 Å². The number of unbranched alkanes of at least 4 members (excludes halogenated alkanes) is 14. The predicted octanol–water partition coefficient (Wildman–Crippen LogP) is 10.3. The normalized spacial score (nSPS) is 13.9. The van der Waals surface area contributed by atoms with Gasteiger partial charge in [0, 0.05) is 35.5 Å². The summed E-state index contributed by atoms with van der Waals surface area (Å²) < 4.78 is 7.60. The van der Waals surface area contributed by atoms with Crippen LogP contribution in [0.25, 0.3) is 11.1 Å². The zero-order valence-corrected chi connectivity index (χ0v) is 26.7. The van der Waals surface area contributed by atoms with Crippen LogP contribution in [-0.2, 0) is 28.9 Å². The Hall–Kier alpha value is -2.36. The summed E-state index contributed by atoms with van der Waals surface area (Å²) in [5.41, 5.74) is 4.94. The van der Waals surface area contributed by atoms with Crippen molar-refractivity contribution in [2.75, 3.05) is 6.61 Å². The number of hydrogen-bond donors (Lipinski definition) is 0. The van der Waals surface area contributed by atoms with Crippen molar-refractivity contribution in [1.29, 1.82) is 0 Å². The third kappa shape index (κ3) is 10.5. The number of fused-ring (bicyclic) bond motifs is 1. The highest BCUT2D eigenvalue weighted by atomic mass is 16.5. The summed E-state index contributed by atoms with van der Waals surface area (Å²) in [5, 5.41) is 0. The predicted molar refractivity (Wildman–Crippen MR) is 172 cm³/mol. The average Bonchev–Trinajstić information content (AvgIpc) is 3.41. The van der Waals surface area contributed by atoms with E-state index in [1.54, 1.807) is 0 Å². The van der Waals surface area contributed by atoms with Crippen LogP contribution in [-0.4, -0.2) is 22.9 Å². The second kappa shape index (κ2) is 17.6. The van der Waals surface area contributed by atoms with E-state index in [9.17, 15) is 9.59 Å². The molecule has 0 N–H and O–H groups in total. The van der Waals surface area contributed by atoms with Crippen molar-refractivity contribution in [3.05, 3.63) is 47.3 Å². The van der Waals surface area contributed by atoms with Gasteiger partial charge in [0.15, 0.2) is 5.78 Å². The molecule has 0 fully saturated rings. The molecule has 1 aromatic heterocycles. The molecule has 0 spiro atoms. The lowest BCUT2D eigenvalue weighted by atomic mass is 9.86. The Labute approximate surface area is 250 Å². The minimum Gasteiger partial charge on any atom is -0.466 e. The third-order valence-corrected chi connectivity index (χ3v) is 8.68. The van der Waals surface area contributed by atoms with E-state index in [4.69, 9.17) is 4.74 Å². The highest BCUT2D eigenvalue weighted by Crippen LogP contribution is 2.43. The van der Waals surface area contributed by atoms with E-state index >= 15 is 0 Å². The maximum Gasteiger partial charge on any atom is 0.311 e. The molecule has 2 heterocycles. The lowest BCUT2D eigenvalue weighted by Crippen LogP contribution is -2.17. The maximum absolute atomic E-state index is 13.8. The quantitative estimate of drug-likeness (QED) is 0.0862. The molecule has 0 aliphatic carbocycles. The number of ether oxygens (including phenoxy) is 1. The highest BCUT2D eigenvalue weighted by molar-refractivity contribution is 6.05.